The molecule has 0 saturated heterocycles. The number of carbonyl (C=O) groups is 2. The highest BCUT2D eigenvalue weighted by molar-refractivity contribution is 6.31. The number of halogens is 2. The Balaban J connectivity index is 2.38. The van der Waals surface area contributed by atoms with E-state index in [-0.39, 0.29) is 28.6 Å². The zero-order valence-electron chi connectivity index (χ0n) is 14.1. The van der Waals surface area contributed by atoms with Gasteiger partial charge in [0.2, 0.25) is 0 Å². The molecule has 130 valence electrons. The zero-order valence-corrected chi connectivity index (χ0v) is 14.8. The third-order valence-corrected chi connectivity index (χ3v) is 4.08. The molecule has 0 aromatic heterocycles. The molecule has 1 unspecified atom stereocenters. The molecule has 0 spiro atoms. The average Bonchev–Trinajstić information content (AvgIpc) is 2.59. The predicted octanol–water partition coefficient (Wildman–Crippen LogP) is 4.17. The van der Waals surface area contributed by atoms with Crippen LogP contribution in [0, 0.1) is 11.7 Å². The fraction of sp³-hybridized carbons (Fsp3) is 0.200. The van der Waals surface area contributed by atoms with E-state index in [1.165, 1.54) is 18.2 Å². The van der Waals surface area contributed by atoms with Crippen LogP contribution in [0.15, 0.2) is 60.8 Å². The molecule has 0 amide bonds. The van der Waals surface area contributed by atoms with Crippen LogP contribution in [0.5, 0.6) is 0 Å². The van der Waals surface area contributed by atoms with Crippen LogP contribution < -0.4 is 0 Å². The van der Waals surface area contributed by atoms with Crippen LogP contribution in [0.2, 0.25) is 5.02 Å². The largest absolute Gasteiger partial charge is 0.383 e. The normalized spacial score (nSPS) is 12.2. The summed E-state index contributed by atoms with van der Waals surface area (Å²) in [6, 6.07) is 12.8. The summed E-state index contributed by atoms with van der Waals surface area (Å²) in [6.45, 7) is 0. The Morgan fingerprint density at radius 2 is 1.80 bits per heavy atom. The van der Waals surface area contributed by atoms with Crippen molar-refractivity contribution in [3.05, 3.63) is 82.8 Å². The van der Waals surface area contributed by atoms with E-state index in [9.17, 15) is 14.0 Å². The number of hydrogen-bond acceptors (Lipinski definition) is 3. The maximum Gasteiger partial charge on any atom is 0.174 e. The SMILES string of the molecule is CN(C)/C=C/C(=O)C(Cc1c(F)cccc1Cl)C(=O)c1ccccc1. The first-order chi connectivity index (χ1) is 11.9. The van der Waals surface area contributed by atoms with Crippen LogP contribution in [0.1, 0.15) is 15.9 Å². The Kier molecular flexibility index (Phi) is 6.48. The molecule has 2 rings (SSSR count). The highest BCUT2D eigenvalue weighted by Crippen LogP contribution is 2.25. The summed E-state index contributed by atoms with van der Waals surface area (Å²) in [5.41, 5.74) is 0.580. The standard InChI is InChI=1S/C20H19ClFNO2/c1-23(2)12-11-19(24)16(20(25)14-7-4-3-5-8-14)13-15-17(21)9-6-10-18(15)22/h3-12,16H,13H2,1-2H3/b12-11+. The van der Waals surface area contributed by atoms with Gasteiger partial charge in [-0.1, -0.05) is 48.0 Å². The van der Waals surface area contributed by atoms with Gasteiger partial charge in [0, 0.05) is 36.4 Å². The summed E-state index contributed by atoms with van der Waals surface area (Å²) in [5.74, 6) is -2.30. The quantitative estimate of drug-likeness (QED) is 0.423. The smallest absolute Gasteiger partial charge is 0.174 e. The molecule has 0 fully saturated rings. The molecule has 0 N–H and O–H groups in total. The van der Waals surface area contributed by atoms with E-state index in [0.29, 0.717) is 5.56 Å². The third kappa shape index (κ3) is 5.00. The first kappa shape index (κ1) is 18.9. The fourth-order valence-corrected chi connectivity index (χ4v) is 2.64. The van der Waals surface area contributed by atoms with Gasteiger partial charge in [-0.2, -0.15) is 0 Å². The number of carbonyl (C=O) groups excluding carboxylic acids is 2. The second-order valence-electron chi connectivity index (χ2n) is 5.87. The van der Waals surface area contributed by atoms with Crippen molar-refractivity contribution in [2.45, 2.75) is 6.42 Å². The van der Waals surface area contributed by atoms with Gasteiger partial charge in [0.1, 0.15) is 5.82 Å². The Hall–Kier alpha value is -2.46. The summed E-state index contributed by atoms with van der Waals surface area (Å²) in [5, 5.41) is 0.204. The molecule has 2 aromatic rings. The lowest BCUT2D eigenvalue weighted by molar-refractivity contribution is -0.116. The lowest BCUT2D eigenvalue weighted by Crippen LogP contribution is -2.26. The predicted molar refractivity (Wildman–Crippen MR) is 97.2 cm³/mol. The van der Waals surface area contributed by atoms with Crippen molar-refractivity contribution in [1.29, 1.82) is 0 Å². The monoisotopic (exact) mass is 359 g/mol. The summed E-state index contributed by atoms with van der Waals surface area (Å²) >= 11 is 6.07. The number of benzene rings is 2. The van der Waals surface area contributed by atoms with Crippen molar-refractivity contribution in [1.82, 2.24) is 4.90 Å². The molecule has 0 radical (unpaired) electrons. The Bertz CT molecular complexity index is 767. The minimum Gasteiger partial charge on any atom is -0.383 e. The number of allylic oxidation sites excluding steroid dienone is 1. The lowest BCUT2D eigenvalue weighted by atomic mass is 9.87. The molecule has 0 saturated carbocycles. The molecule has 5 heteroatoms. The van der Waals surface area contributed by atoms with Gasteiger partial charge in [-0.05, 0) is 24.6 Å². The van der Waals surface area contributed by atoms with E-state index in [0.717, 1.165) is 0 Å². The van der Waals surface area contributed by atoms with E-state index in [4.69, 9.17) is 11.6 Å². The number of Topliss-reactive ketones (excluding diaryl/α,β-unsaturated/α-hetero) is 1. The number of ketones is 2. The van der Waals surface area contributed by atoms with E-state index in [2.05, 4.69) is 0 Å². The number of rotatable bonds is 7. The summed E-state index contributed by atoms with van der Waals surface area (Å²) < 4.78 is 14.1. The first-order valence-corrected chi connectivity index (χ1v) is 8.18. The van der Waals surface area contributed by atoms with Crippen LogP contribution in [0.3, 0.4) is 0 Å². The molecule has 3 nitrogen and oxygen atoms in total. The van der Waals surface area contributed by atoms with Crippen LogP contribution >= 0.6 is 11.6 Å². The van der Waals surface area contributed by atoms with E-state index in [1.54, 1.807) is 61.6 Å². The maximum atomic E-state index is 14.1. The van der Waals surface area contributed by atoms with Crippen LogP contribution in [-0.4, -0.2) is 30.6 Å². The summed E-state index contributed by atoms with van der Waals surface area (Å²) in [4.78, 5) is 27.1. The molecule has 25 heavy (non-hydrogen) atoms. The molecule has 1 atom stereocenters. The van der Waals surface area contributed by atoms with Crippen molar-refractivity contribution in [3.63, 3.8) is 0 Å². The molecular formula is C20H19ClFNO2. The second-order valence-corrected chi connectivity index (χ2v) is 6.28. The van der Waals surface area contributed by atoms with Gasteiger partial charge in [-0.25, -0.2) is 4.39 Å². The van der Waals surface area contributed by atoms with Gasteiger partial charge in [0.25, 0.3) is 0 Å². The molecule has 0 aliphatic rings. The number of hydrogen-bond donors (Lipinski definition) is 0. The van der Waals surface area contributed by atoms with Gasteiger partial charge in [0.05, 0.1) is 5.92 Å². The second kappa shape index (κ2) is 8.58. The van der Waals surface area contributed by atoms with E-state index >= 15 is 0 Å². The fourth-order valence-electron chi connectivity index (χ4n) is 2.40. The zero-order chi connectivity index (χ0) is 18.4. The van der Waals surface area contributed by atoms with Crippen molar-refractivity contribution in [3.8, 4) is 0 Å². The van der Waals surface area contributed by atoms with Crippen LogP contribution in [0.25, 0.3) is 0 Å². The molecule has 0 heterocycles. The Morgan fingerprint density at radius 1 is 1.12 bits per heavy atom. The van der Waals surface area contributed by atoms with E-state index in [1.807, 2.05) is 0 Å². The summed E-state index contributed by atoms with van der Waals surface area (Å²) in [6.07, 6.45) is 2.81. The van der Waals surface area contributed by atoms with Gasteiger partial charge in [-0.15, -0.1) is 0 Å². The first-order valence-electron chi connectivity index (χ1n) is 7.80. The van der Waals surface area contributed by atoms with Crippen molar-refractivity contribution in [2.24, 2.45) is 5.92 Å². The van der Waals surface area contributed by atoms with Gasteiger partial charge < -0.3 is 4.90 Å². The van der Waals surface area contributed by atoms with Crippen molar-refractivity contribution in [2.75, 3.05) is 14.1 Å². The molecule has 0 aliphatic heterocycles. The molecule has 0 aliphatic carbocycles. The van der Waals surface area contributed by atoms with Crippen LogP contribution in [0.4, 0.5) is 4.39 Å². The third-order valence-electron chi connectivity index (χ3n) is 3.73. The summed E-state index contributed by atoms with van der Waals surface area (Å²) in [7, 11) is 3.54. The Labute approximate surface area is 151 Å². The molecular weight excluding hydrogens is 341 g/mol. The van der Waals surface area contributed by atoms with Gasteiger partial charge >= 0.3 is 0 Å². The minimum atomic E-state index is -1.03. The lowest BCUT2D eigenvalue weighted by Gasteiger charge is -2.15. The highest BCUT2D eigenvalue weighted by atomic mass is 35.5. The maximum absolute atomic E-state index is 14.1. The van der Waals surface area contributed by atoms with E-state index < -0.39 is 11.7 Å². The molecule has 2 aromatic carbocycles. The van der Waals surface area contributed by atoms with Crippen molar-refractivity contribution >= 4 is 23.2 Å². The topological polar surface area (TPSA) is 37.4 Å². The van der Waals surface area contributed by atoms with Crippen molar-refractivity contribution < 1.29 is 14.0 Å². The molecule has 0 bridgehead atoms. The highest BCUT2D eigenvalue weighted by Gasteiger charge is 2.28. The Morgan fingerprint density at radius 3 is 2.40 bits per heavy atom. The van der Waals surface area contributed by atoms with Gasteiger partial charge in [-0.3, -0.25) is 9.59 Å². The minimum absolute atomic E-state index is 0.0875. The average molecular weight is 360 g/mol. The number of nitrogens with zero attached hydrogens (tertiary/aromatic N) is 1. The van der Waals surface area contributed by atoms with Gasteiger partial charge in [0.15, 0.2) is 11.6 Å². The van der Waals surface area contributed by atoms with Crippen LogP contribution in [-0.2, 0) is 11.2 Å².